The van der Waals surface area contributed by atoms with E-state index in [1.54, 1.807) is 11.1 Å². The van der Waals surface area contributed by atoms with Crippen LogP contribution in [0.25, 0.3) is 0 Å². The zero-order valence-electron chi connectivity index (χ0n) is 12.5. The maximum atomic E-state index is 3.57. The number of aryl methyl sites for hydroxylation is 1. The Morgan fingerprint density at radius 2 is 2.15 bits per heavy atom. The molecule has 2 saturated heterocycles. The topological polar surface area (TPSA) is 15.3 Å². The van der Waals surface area contributed by atoms with Crippen LogP contribution in [0.1, 0.15) is 36.8 Å². The molecule has 2 fully saturated rings. The summed E-state index contributed by atoms with van der Waals surface area (Å²) in [6, 6.07) is 9.92. The molecule has 0 amide bonds. The van der Waals surface area contributed by atoms with Crippen LogP contribution in [0.5, 0.6) is 0 Å². The van der Waals surface area contributed by atoms with Gasteiger partial charge in [-0.05, 0) is 68.2 Å². The highest BCUT2D eigenvalue weighted by Gasteiger charge is 2.42. The zero-order valence-corrected chi connectivity index (χ0v) is 12.5. The van der Waals surface area contributed by atoms with Gasteiger partial charge in [0.15, 0.2) is 0 Å². The lowest BCUT2D eigenvalue weighted by atomic mass is 9.82. The Labute approximate surface area is 122 Å². The van der Waals surface area contributed by atoms with Gasteiger partial charge in [-0.3, -0.25) is 4.90 Å². The molecule has 1 N–H and O–H groups in total. The van der Waals surface area contributed by atoms with Crippen molar-refractivity contribution in [1.82, 2.24) is 10.2 Å². The van der Waals surface area contributed by atoms with Gasteiger partial charge in [0.2, 0.25) is 0 Å². The van der Waals surface area contributed by atoms with Crippen molar-refractivity contribution in [3.63, 3.8) is 0 Å². The summed E-state index contributed by atoms with van der Waals surface area (Å²) >= 11 is 0. The first kappa shape index (κ1) is 12.8. The molecule has 4 atom stereocenters. The number of hydrogen-bond acceptors (Lipinski definition) is 2. The van der Waals surface area contributed by atoms with E-state index in [1.165, 1.54) is 45.4 Å². The van der Waals surface area contributed by atoms with Crippen molar-refractivity contribution >= 4 is 0 Å². The lowest BCUT2D eigenvalue weighted by molar-refractivity contribution is 0.218. The molecule has 108 valence electrons. The van der Waals surface area contributed by atoms with E-state index < -0.39 is 0 Å². The van der Waals surface area contributed by atoms with Gasteiger partial charge >= 0.3 is 0 Å². The second kappa shape index (κ2) is 5.16. The van der Waals surface area contributed by atoms with Gasteiger partial charge in [-0.2, -0.15) is 0 Å². The highest BCUT2D eigenvalue weighted by atomic mass is 15.2. The van der Waals surface area contributed by atoms with E-state index in [0.29, 0.717) is 0 Å². The van der Waals surface area contributed by atoms with Gasteiger partial charge in [0.05, 0.1) is 0 Å². The van der Waals surface area contributed by atoms with Crippen molar-refractivity contribution in [1.29, 1.82) is 0 Å². The van der Waals surface area contributed by atoms with E-state index in [9.17, 15) is 0 Å². The molecule has 0 radical (unpaired) electrons. The first-order valence-electron chi connectivity index (χ1n) is 8.35. The van der Waals surface area contributed by atoms with E-state index in [0.717, 1.165) is 23.8 Å². The molecule has 20 heavy (non-hydrogen) atoms. The fraction of sp³-hybridized carbons (Fsp3) is 0.667. The summed E-state index contributed by atoms with van der Waals surface area (Å²) in [5.74, 6) is 2.58. The summed E-state index contributed by atoms with van der Waals surface area (Å²) in [6.07, 6.45) is 4.05. The summed E-state index contributed by atoms with van der Waals surface area (Å²) in [4.78, 5) is 2.78. The Balaban J connectivity index is 1.50. The average molecular weight is 270 g/mol. The van der Waals surface area contributed by atoms with Crippen LogP contribution in [0.4, 0.5) is 0 Å². The van der Waals surface area contributed by atoms with E-state index >= 15 is 0 Å². The van der Waals surface area contributed by atoms with Crippen molar-refractivity contribution in [2.45, 2.75) is 38.1 Å². The van der Waals surface area contributed by atoms with Crippen LogP contribution in [0.15, 0.2) is 24.3 Å². The first-order valence-corrected chi connectivity index (χ1v) is 8.35. The molecule has 2 aliphatic heterocycles. The van der Waals surface area contributed by atoms with E-state index in [2.05, 4.69) is 41.4 Å². The number of fused-ring (bicyclic) bond motifs is 2. The highest BCUT2D eigenvalue weighted by Crippen LogP contribution is 2.37. The number of nitrogens with one attached hydrogen (secondary N) is 1. The quantitative estimate of drug-likeness (QED) is 0.889. The lowest BCUT2D eigenvalue weighted by Gasteiger charge is -2.32. The molecular formula is C18H26N2. The van der Waals surface area contributed by atoms with Gasteiger partial charge in [0, 0.05) is 19.1 Å². The third kappa shape index (κ3) is 2.10. The Kier molecular flexibility index (Phi) is 3.31. The summed E-state index contributed by atoms with van der Waals surface area (Å²) < 4.78 is 0. The molecule has 4 unspecified atom stereocenters. The van der Waals surface area contributed by atoms with Gasteiger partial charge < -0.3 is 5.32 Å². The van der Waals surface area contributed by atoms with Crippen LogP contribution >= 0.6 is 0 Å². The molecule has 2 nitrogen and oxygen atoms in total. The first-order chi connectivity index (χ1) is 9.83. The van der Waals surface area contributed by atoms with Crippen LogP contribution in [0, 0.1) is 11.8 Å². The number of nitrogens with zero attached hydrogens (tertiary/aromatic N) is 1. The predicted molar refractivity (Wildman–Crippen MR) is 83.0 cm³/mol. The molecule has 0 spiro atoms. The molecule has 3 aliphatic rings. The maximum absolute atomic E-state index is 3.57. The molecule has 1 aromatic rings. The number of rotatable bonds is 2. The molecule has 0 aromatic heterocycles. The molecule has 0 bridgehead atoms. The average Bonchev–Trinajstić information content (AvgIpc) is 3.04. The molecular weight excluding hydrogens is 244 g/mol. The number of hydrogen-bond donors (Lipinski definition) is 1. The maximum Gasteiger partial charge on any atom is 0.0111 e. The SMILES string of the molecule is CC1C2CNCC2CN1CC1CCCc2ccccc21. The number of likely N-dealkylation sites (tertiary alicyclic amines) is 1. The second-order valence-electron chi connectivity index (χ2n) is 7.06. The van der Waals surface area contributed by atoms with Gasteiger partial charge in [-0.25, -0.2) is 0 Å². The second-order valence-corrected chi connectivity index (χ2v) is 7.06. The minimum atomic E-state index is 0.768. The summed E-state index contributed by atoms with van der Waals surface area (Å²) in [5, 5.41) is 3.57. The van der Waals surface area contributed by atoms with Gasteiger partial charge in [0.25, 0.3) is 0 Å². The smallest absolute Gasteiger partial charge is 0.0111 e. The van der Waals surface area contributed by atoms with Gasteiger partial charge in [-0.15, -0.1) is 0 Å². The molecule has 1 aliphatic carbocycles. The molecule has 2 heterocycles. The van der Waals surface area contributed by atoms with E-state index in [1.807, 2.05) is 0 Å². The van der Waals surface area contributed by atoms with Crippen molar-refractivity contribution in [2.75, 3.05) is 26.2 Å². The van der Waals surface area contributed by atoms with E-state index in [4.69, 9.17) is 0 Å². The van der Waals surface area contributed by atoms with Gasteiger partial charge in [0.1, 0.15) is 0 Å². The summed E-state index contributed by atoms with van der Waals surface area (Å²) in [5.41, 5.74) is 3.25. The number of benzene rings is 1. The van der Waals surface area contributed by atoms with Crippen LogP contribution in [-0.4, -0.2) is 37.1 Å². The van der Waals surface area contributed by atoms with Crippen LogP contribution in [-0.2, 0) is 6.42 Å². The Hall–Kier alpha value is -0.860. The summed E-state index contributed by atoms with van der Waals surface area (Å²) in [7, 11) is 0. The van der Waals surface area contributed by atoms with Crippen LogP contribution in [0.2, 0.25) is 0 Å². The molecule has 0 saturated carbocycles. The minimum Gasteiger partial charge on any atom is -0.316 e. The van der Waals surface area contributed by atoms with Gasteiger partial charge in [-0.1, -0.05) is 24.3 Å². The third-order valence-corrected chi connectivity index (χ3v) is 6.01. The largest absolute Gasteiger partial charge is 0.316 e. The highest BCUT2D eigenvalue weighted by molar-refractivity contribution is 5.33. The molecule has 4 rings (SSSR count). The van der Waals surface area contributed by atoms with E-state index in [-0.39, 0.29) is 0 Å². The van der Waals surface area contributed by atoms with Crippen molar-refractivity contribution < 1.29 is 0 Å². The minimum absolute atomic E-state index is 0.768. The Bertz CT molecular complexity index is 484. The van der Waals surface area contributed by atoms with Crippen LogP contribution < -0.4 is 5.32 Å². The van der Waals surface area contributed by atoms with Crippen molar-refractivity contribution in [3.05, 3.63) is 35.4 Å². The molecule has 1 aromatic carbocycles. The van der Waals surface area contributed by atoms with Crippen LogP contribution in [0.3, 0.4) is 0 Å². The monoisotopic (exact) mass is 270 g/mol. The lowest BCUT2D eigenvalue weighted by Crippen LogP contribution is -2.36. The zero-order chi connectivity index (χ0) is 13.5. The summed E-state index contributed by atoms with van der Waals surface area (Å²) in [6.45, 7) is 7.53. The normalized spacial score (nSPS) is 36.9. The molecule has 2 heteroatoms. The van der Waals surface area contributed by atoms with Crippen molar-refractivity contribution in [2.24, 2.45) is 11.8 Å². The predicted octanol–water partition coefficient (Wildman–Crippen LogP) is 2.65. The fourth-order valence-electron chi connectivity index (χ4n) is 4.82. The fourth-order valence-corrected chi connectivity index (χ4v) is 4.82. The standard InChI is InChI=1S/C18H26N2/c1-13-18-10-19-9-16(18)12-20(13)11-15-7-4-6-14-5-2-3-8-17(14)15/h2-3,5,8,13,15-16,18-19H,4,6-7,9-12H2,1H3. The Morgan fingerprint density at radius 1 is 1.25 bits per heavy atom. The van der Waals surface area contributed by atoms with Crippen molar-refractivity contribution in [3.8, 4) is 0 Å². The third-order valence-electron chi connectivity index (χ3n) is 6.01. The Morgan fingerprint density at radius 3 is 3.05 bits per heavy atom.